The summed E-state index contributed by atoms with van der Waals surface area (Å²) in [5, 5.41) is 9.14. The van der Waals surface area contributed by atoms with Crippen LogP contribution in [0.3, 0.4) is 0 Å². The van der Waals surface area contributed by atoms with Crippen molar-refractivity contribution in [3.8, 4) is 6.07 Å². The maximum Gasteiger partial charge on any atom is 0.227 e. The maximum absolute atomic E-state index is 13.7. The van der Waals surface area contributed by atoms with E-state index in [1.54, 1.807) is 29.2 Å². The molecule has 0 aliphatic carbocycles. The lowest BCUT2D eigenvalue weighted by Crippen LogP contribution is -2.49. The second-order valence-corrected chi connectivity index (χ2v) is 5.92. The molecular formula is C19H17F2N3O. The number of nitriles is 1. The zero-order chi connectivity index (χ0) is 17.8. The molecule has 2 aromatic carbocycles. The van der Waals surface area contributed by atoms with Gasteiger partial charge in [-0.15, -0.1) is 0 Å². The van der Waals surface area contributed by atoms with Crippen molar-refractivity contribution in [3.05, 3.63) is 65.2 Å². The highest BCUT2D eigenvalue weighted by molar-refractivity contribution is 5.79. The summed E-state index contributed by atoms with van der Waals surface area (Å²) in [5.41, 5.74) is 1.23. The van der Waals surface area contributed by atoms with Gasteiger partial charge in [-0.3, -0.25) is 4.79 Å². The molecule has 3 rings (SSSR count). The highest BCUT2D eigenvalue weighted by atomic mass is 19.1. The lowest BCUT2D eigenvalue weighted by Gasteiger charge is -2.36. The highest BCUT2D eigenvalue weighted by Gasteiger charge is 2.23. The molecule has 0 spiro atoms. The van der Waals surface area contributed by atoms with Gasteiger partial charge in [0.1, 0.15) is 23.3 Å². The minimum Gasteiger partial charge on any atom is -0.367 e. The van der Waals surface area contributed by atoms with E-state index in [1.165, 1.54) is 18.2 Å². The molecule has 1 heterocycles. The number of carbonyl (C=O) groups is 1. The third-order valence-corrected chi connectivity index (χ3v) is 4.32. The van der Waals surface area contributed by atoms with Crippen molar-refractivity contribution in [1.82, 2.24) is 4.90 Å². The van der Waals surface area contributed by atoms with Gasteiger partial charge in [0.25, 0.3) is 0 Å². The number of benzene rings is 2. The monoisotopic (exact) mass is 341 g/mol. The molecule has 128 valence electrons. The topological polar surface area (TPSA) is 47.3 Å². The summed E-state index contributed by atoms with van der Waals surface area (Å²) in [6.07, 6.45) is 0.154. The van der Waals surface area contributed by atoms with Crippen molar-refractivity contribution >= 4 is 11.6 Å². The van der Waals surface area contributed by atoms with Crippen LogP contribution in [0.2, 0.25) is 0 Å². The SMILES string of the molecule is N#Cc1c(F)cccc1N1CCN(C(=O)Cc2cccc(F)c2)CC1. The smallest absolute Gasteiger partial charge is 0.227 e. The molecule has 0 unspecified atom stereocenters. The molecule has 1 saturated heterocycles. The first kappa shape index (κ1) is 16.9. The quantitative estimate of drug-likeness (QED) is 0.862. The van der Waals surface area contributed by atoms with Gasteiger partial charge in [-0.05, 0) is 29.8 Å². The normalized spacial score (nSPS) is 14.3. The molecule has 0 atom stereocenters. The summed E-state index contributed by atoms with van der Waals surface area (Å²) in [6.45, 7) is 2.01. The molecule has 0 saturated carbocycles. The zero-order valence-corrected chi connectivity index (χ0v) is 13.6. The summed E-state index contributed by atoms with van der Waals surface area (Å²) < 4.78 is 27.0. The molecule has 2 aromatic rings. The average molecular weight is 341 g/mol. The van der Waals surface area contributed by atoms with Crippen LogP contribution in [0.4, 0.5) is 14.5 Å². The second-order valence-electron chi connectivity index (χ2n) is 5.92. The van der Waals surface area contributed by atoms with Gasteiger partial charge in [-0.25, -0.2) is 8.78 Å². The van der Waals surface area contributed by atoms with E-state index in [0.717, 1.165) is 0 Å². The molecule has 25 heavy (non-hydrogen) atoms. The van der Waals surface area contributed by atoms with Crippen LogP contribution in [-0.4, -0.2) is 37.0 Å². The number of piperazine rings is 1. The largest absolute Gasteiger partial charge is 0.367 e. The Hall–Kier alpha value is -2.94. The lowest BCUT2D eigenvalue weighted by molar-refractivity contribution is -0.130. The molecule has 1 aliphatic rings. The van der Waals surface area contributed by atoms with Gasteiger partial charge in [0, 0.05) is 26.2 Å². The number of hydrogen-bond donors (Lipinski definition) is 0. The van der Waals surface area contributed by atoms with Crippen molar-refractivity contribution in [2.45, 2.75) is 6.42 Å². The third-order valence-electron chi connectivity index (χ3n) is 4.32. The maximum atomic E-state index is 13.7. The van der Waals surface area contributed by atoms with Crippen LogP contribution < -0.4 is 4.90 Å². The number of amides is 1. The van der Waals surface area contributed by atoms with Crippen LogP contribution >= 0.6 is 0 Å². The van der Waals surface area contributed by atoms with E-state index >= 15 is 0 Å². The van der Waals surface area contributed by atoms with Crippen molar-refractivity contribution in [2.24, 2.45) is 0 Å². The molecule has 0 N–H and O–H groups in total. The molecule has 1 amide bonds. The average Bonchev–Trinajstić information content (AvgIpc) is 2.61. The van der Waals surface area contributed by atoms with Gasteiger partial charge in [-0.1, -0.05) is 18.2 Å². The van der Waals surface area contributed by atoms with E-state index in [4.69, 9.17) is 5.26 Å². The van der Waals surface area contributed by atoms with Crippen LogP contribution in [-0.2, 0) is 11.2 Å². The van der Waals surface area contributed by atoms with E-state index in [9.17, 15) is 13.6 Å². The first-order valence-corrected chi connectivity index (χ1v) is 8.04. The Bertz CT molecular complexity index is 824. The van der Waals surface area contributed by atoms with Crippen LogP contribution in [0.25, 0.3) is 0 Å². The lowest BCUT2D eigenvalue weighted by atomic mass is 10.1. The van der Waals surface area contributed by atoms with Gasteiger partial charge in [0.05, 0.1) is 12.1 Å². The van der Waals surface area contributed by atoms with Crippen molar-refractivity contribution in [1.29, 1.82) is 5.26 Å². The summed E-state index contributed by atoms with van der Waals surface area (Å²) in [7, 11) is 0. The summed E-state index contributed by atoms with van der Waals surface area (Å²) >= 11 is 0. The standard InChI is InChI=1S/C19H17F2N3O/c20-15-4-1-3-14(11-15)12-19(25)24-9-7-23(8-10-24)18-6-2-5-17(21)16(18)13-22/h1-6,11H,7-10,12H2. The van der Waals surface area contributed by atoms with Crippen molar-refractivity contribution < 1.29 is 13.6 Å². The Kier molecular flexibility index (Phi) is 4.94. The molecule has 0 radical (unpaired) electrons. The van der Waals surface area contributed by atoms with Gasteiger partial charge >= 0.3 is 0 Å². The first-order chi connectivity index (χ1) is 12.1. The van der Waals surface area contributed by atoms with E-state index in [1.807, 2.05) is 11.0 Å². The second kappa shape index (κ2) is 7.31. The minimum atomic E-state index is -0.537. The van der Waals surface area contributed by atoms with Gasteiger partial charge in [-0.2, -0.15) is 5.26 Å². The number of halogens is 2. The van der Waals surface area contributed by atoms with Gasteiger partial charge in [0.2, 0.25) is 5.91 Å². The number of hydrogen-bond acceptors (Lipinski definition) is 3. The Morgan fingerprint density at radius 3 is 2.48 bits per heavy atom. The molecule has 6 heteroatoms. The predicted octanol–water partition coefficient (Wildman–Crippen LogP) is 2.73. The summed E-state index contributed by atoms with van der Waals surface area (Å²) in [6, 6.07) is 12.5. The van der Waals surface area contributed by atoms with Crippen LogP contribution in [0.1, 0.15) is 11.1 Å². The minimum absolute atomic E-state index is 0.0297. The van der Waals surface area contributed by atoms with Crippen LogP contribution in [0.15, 0.2) is 42.5 Å². The number of anilines is 1. The first-order valence-electron chi connectivity index (χ1n) is 8.04. The van der Waals surface area contributed by atoms with E-state index in [0.29, 0.717) is 37.4 Å². The van der Waals surface area contributed by atoms with Crippen LogP contribution in [0, 0.1) is 23.0 Å². The van der Waals surface area contributed by atoms with Gasteiger partial charge in [0.15, 0.2) is 0 Å². The van der Waals surface area contributed by atoms with Crippen LogP contribution in [0.5, 0.6) is 0 Å². The molecular weight excluding hydrogens is 324 g/mol. The molecule has 0 bridgehead atoms. The third kappa shape index (κ3) is 3.77. The van der Waals surface area contributed by atoms with E-state index in [2.05, 4.69) is 0 Å². The number of nitrogens with zero attached hydrogens (tertiary/aromatic N) is 3. The van der Waals surface area contributed by atoms with E-state index in [-0.39, 0.29) is 23.7 Å². The molecule has 1 aliphatic heterocycles. The molecule has 0 aromatic heterocycles. The summed E-state index contributed by atoms with van der Waals surface area (Å²) in [4.78, 5) is 16.0. The fraction of sp³-hybridized carbons (Fsp3) is 0.263. The Balaban J connectivity index is 1.63. The molecule has 4 nitrogen and oxygen atoms in total. The number of rotatable bonds is 3. The Morgan fingerprint density at radius 2 is 1.80 bits per heavy atom. The predicted molar refractivity (Wildman–Crippen MR) is 90.0 cm³/mol. The fourth-order valence-electron chi connectivity index (χ4n) is 3.02. The Labute approximate surface area is 144 Å². The summed E-state index contributed by atoms with van der Waals surface area (Å²) in [5.74, 6) is -0.958. The highest BCUT2D eigenvalue weighted by Crippen LogP contribution is 2.23. The number of carbonyl (C=O) groups excluding carboxylic acids is 1. The molecule has 1 fully saturated rings. The van der Waals surface area contributed by atoms with E-state index < -0.39 is 5.82 Å². The Morgan fingerprint density at radius 1 is 1.08 bits per heavy atom. The van der Waals surface area contributed by atoms with Crippen molar-refractivity contribution in [2.75, 3.05) is 31.1 Å². The zero-order valence-electron chi connectivity index (χ0n) is 13.6. The van der Waals surface area contributed by atoms with Crippen molar-refractivity contribution in [3.63, 3.8) is 0 Å². The fourth-order valence-corrected chi connectivity index (χ4v) is 3.02. The van der Waals surface area contributed by atoms with Gasteiger partial charge < -0.3 is 9.80 Å².